The molecule has 3 rings (SSSR count). The van der Waals surface area contributed by atoms with Gasteiger partial charge in [0.1, 0.15) is 0 Å². The molecule has 0 fully saturated rings. The SMILES string of the molecule is CC[C@@H](C)n1c(SCC(=O)Nc2ccc(C#N)cc2)nc2ccccc2c1=O. The molecule has 0 aliphatic carbocycles. The first-order valence-corrected chi connectivity index (χ1v) is 9.96. The molecule has 0 spiro atoms. The summed E-state index contributed by atoms with van der Waals surface area (Å²) in [5.41, 5.74) is 1.69. The van der Waals surface area contributed by atoms with E-state index in [-0.39, 0.29) is 23.3 Å². The van der Waals surface area contributed by atoms with Gasteiger partial charge in [-0.25, -0.2) is 4.98 Å². The molecule has 1 heterocycles. The number of carbonyl (C=O) groups excluding carboxylic acids is 1. The van der Waals surface area contributed by atoms with Crippen molar-refractivity contribution in [1.82, 2.24) is 9.55 Å². The average molecular weight is 392 g/mol. The number of anilines is 1. The zero-order valence-electron chi connectivity index (χ0n) is 15.7. The highest BCUT2D eigenvalue weighted by molar-refractivity contribution is 7.99. The van der Waals surface area contributed by atoms with E-state index in [9.17, 15) is 9.59 Å². The Morgan fingerprint density at radius 2 is 1.96 bits per heavy atom. The van der Waals surface area contributed by atoms with Crippen molar-refractivity contribution in [3.8, 4) is 6.07 Å². The van der Waals surface area contributed by atoms with Gasteiger partial charge in [-0.3, -0.25) is 14.2 Å². The maximum absolute atomic E-state index is 12.9. The van der Waals surface area contributed by atoms with Crippen LogP contribution in [0.25, 0.3) is 10.9 Å². The van der Waals surface area contributed by atoms with E-state index in [4.69, 9.17) is 5.26 Å². The second kappa shape index (κ2) is 8.72. The van der Waals surface area contributed by atoms with Gasteiger partial charge in [0.2, 0.25) is 5.91 Å². The summed E-state index contributed by atoms with van der Waals surface area (Å²) < 4.78 is 1.67. The second-order valence-electron chi connectivity index (χ2n) is 6.37. The first-order chi connectivity index (χ1) is 13.5. The molecule has 1 N–H and O–H groups in total. The molecule has 1 aromatic heterocycles. The molecule has 0 aliphatic heterocycles. The first kappa shape index (κ1) is 19.6. The molecule has 0 radical (unpaired) electrons. The van der Waals surface area contributed by atoms with Gasteiger partial charge in [-0.15, -0.1) is 0 Å². The van der Waals surface area contributed by atoms with Crippen LogP contribution in [0.3, 0.4) is 0 Å². The van der Waals surface area contributed by atoms with E-state index < -0.39 is 0 Å². The third kappa shape index (κ3) is 4.24. The highest BCUT2D eigenvalue weighted by atomic mass is 32.2. The highest BCUT2D eigenvalue weighted by Gasteiger charge is 2.16. The van der Waals surface area contributed by atoms with Crippen LogP contribution in [0.1, 0.15) is 31.9 Å². The summed E-state index contributed by atoms with van der Waals surface area (Å²) in [5, 5.41) is 12.7. The quantitative estimate of drug-likeness (QED) is 0.506. The Labute approximate surface area is 167 Å². The lowest BCUT2D eigenvalue weighted by Crippen LogP contribution is -2.26. The lowest BCUT2D eigenvalue weighted by atomic mass is 10.2. The third-order valence-corrected chi connectivity index (χ3v) is 5.39. The Kier molecular flexibility index (Phi) is 6.12. The number of hydrogen-bond acceptors (Lipinski definition) is 5. The smallest absolute Gasteiger partial charge is 0.262 e. The van der Waals surface area contributed by atoms with Gasteiger partial charge in [0.15, 0.2) is 5.16 Å². The zero-order chi connectivity index (χ0) is 20.1. The van der Waals surface area contributed by atoms with Crippen LogP contribution in [0.4, 0.5) is 5.69 Å². The zero-order valence-corrected chi connectivity index (χ0v) is 16.5. The molecule has 142 valence electrons. The van der Waals surface area contributed by atoms with Gasteiger partial charge in [-0.1, -0.05) is 30.8 Å². The Balaban J connectivity index is 1.81. The van der Waals surface area contributed by atoms with Crippen LogP contribution in [0, 0.1) is 11.3 Å². The molecule has 1 atom stereocenters. The molecule has 6 nitrogen and oxygen atoms in total. The van der Waals surface area contributed by atoms with Crippen LogP contribution in [0.2, 0.25) is 0 Å². The minimum Gasteiger partial charge on any atom is -0.325 e. The first-order valence-electron chi connectivity index (χ1n) is 8.97. The topological polar surface area (TPSA) is 87.8 Å². The summed E-state index contributed by atoms with van der Waals surface area (Å²) in [5.74, 6) is -0.0749. The summed E-state index contributed by atoms with van der Waals surface area (Å²) in [7, 11) is 0. The molecule has 0 unspecified atom stereocenters. The molecular formula is C21H20N4O2S. The van der Waals surface area contributed by atoms with Crippen LogP contribution in [0.15, 0.2) is 58.5 Å². The van der Waals surface area contributed by atoms with E-state index in [1.54, 1.807) is 41.0 Å². The fourth-order valence-electron chi connectivity index (χ4n) is 2.75. The molecule has 0 bridgehead atoms. The molecular weight excluding hydrogens is 372 g/mol. The van der Waals surface area contributed by atoms with Gasteiger partial charge >= 0.3 is 0 Å². The fraction of sp³-hybridized carbons (Fsp3) is 0.238. The van der Waals surface area contributed by atoms with Crippen molar-refractivity contribution in [3.05, 3.63) is 64.4 Å². The average Bonchev–Trinajstić information content (AvgIpc) is 2.72. The summed E-state index contributed by atoms with van der Waals surface area (Å²) in [4.78, 5) is 29.9. The summed E-state index contributed by atoms with van der Waals surface area (Å²) >= 11 is 1.24. The van der Waals surface area contributed by atoms with Crippen LogP contribution < -0.4 is 10.9 Å². The summed E-state index contributed by atoms with van der Waals surface area (Å²) in [6.45, 7) is 3.98. The summed E-state index contributed by atoms with van der Waals surface area (Å²) in [6.07, 6.45) is 0.783. The van der Waals surface area contributed by atoms with Gasteiger partial charge in [0.25, 0.3) is 5.56 Å². The molecule has 0 aliphatic rings. The van der Waals surface area contributed by atoms with E-state index in [2.05, 4.69) is 10.3 Å². The highest BCUT2D eigenvalue weighted by Crippen LogP contribution is 2.22. The molecule has 0 saturated carbocycles. The molecule has 1 amide bonds. The normalized spacial score (nSPS) is 11.8. The van der Waals surface area contributed by atoms with Crippen molar-refractivity contribution in [2.75, 3.05) is 11.1 Å². The number of nitrogens with zero attached hydrogens (tertiary/aromatic N) is 3. The molecule has 28 heavy (non-hydrogen) atoms. The number of carbonyl (C=O) groups is 1. The standard InChI is InChI=1S/C21H20N4O2S/c1-3-14(2)25-20(27)17-6-4-5-7-18(17)24-21(25)28-13-19(26)23-16-10-8-15(12-22)9-11-16/h4-11,14H,3,13H2,1-2H3,(H,23,26)/t14-/m1/s1. The number of amides is 1. The van der Waals surface area contributed by atoms with Crippen molar-refractivity contribution in [2.24, 2.45) is 0 Å². The van der Waals surface area contributed by atoms with E-state index >= 15 is 0 Å². The van der Waals surface area contributed by atoms with Crippen molar-refractivity contribution in [3.63, 3.8) is 0 Å². The van der Waals surface area contributed by atoms with E-state index in [0.717, 1.165) is 6.42 Å². The Morgan fingerprint density at radius 3 is 2.64 bits per heavy atom. The van der Waals surface area contributed by atoms with Crippen molar-refractivity contribution < 1.29 is 4.79 Å². The molecule has 7 heteroatoms. The van der Waals surface area contributed by atoms with Crippen LogP contribution in [-0.4, -0.2) is 21.2 Å². The van der Waals surface area contributed by atoms with Gasteiger partial charge in [0, 0.05) is 11.7 Å². The Hall–Kier alpha value is -3.11. The maximum atomic E-state index is 12.9. The van der Waals surface area contributed by atoms with Crippen LogP contribution in [0.5, 0.6) is 0 Å². The number of fused-ring (bicyclic) bond motifs is 1. The molecule has 0 saturated heterocycles. The van der Waals surface area contributed by atoms with Gasteiger partial charge in [-0.05, 0) is 49.7 Å². The predicted molar refractivity (Wildman–Crippen MR) is 112 cm³/mol. The fourth-order valence-corrected chi connectivity index (χ4v) is 3.65. The molecule has 2 aromatic carbocycles. The van der Waals surface area contributed by atoms with E-state index in [0.29, 0.717) is 27.3 Å². The number of thioether (sulfide) groups is 1. The van der Waals surface area contributed by atoms with Gasteiger partial charge in [-0.2, -0.15) is 5.26 Å². The number of para-hydroxylation sites is 1. The Morgan fingerprint density at radius 1 is 1.25 bits per heavy atom. The monoisotopic (exact) mass is 392 g/mol. The van der Waals surface area contributed by atoms with Crippen LogP contribution in [-0.2, 0) is 4.79 Å². The molecule has 3 aromatic rings. The minimum absolute atomic E-state index is 0.0197. The van der Waals surface area contributed by atoms with Crippen molar-refractivity contribution >= 4 is 34.3 Å². The van der Waals surface area contributed by atoms with E-state index in [1.807, 2.05) is 32.0 Å². The van der Waals surface area contributed by atoms with Crippen molar-refractivity contribution in [1.29, 1.82) is 5.26 Å². The van der Waals surface area contributed by atoms with Gasteiger partial charge < -0.3 is 5.32 Å². The Bertz CT molecular complexity index is 1100. The largest absolute Gasteiger partial charge is 0.325 e. The second-order valence-corrected chi connectivity index (χ2v) is 7.31. The predicted octanol–water partition coefficient (Wildman–Crippen LogP) is 3.97. The number of aromatic nitrogens is 2. The van der Waals surface area contributed by atoms with E-state index in [1.165, 1.54) is 11.8 Å². The lowest BCUT2D eigenvalue weighted by Gasteiger charge is -2.18. The minimum atomic E-state index is -0.201. The number of rotatable bonds is 6. The van der Waals surface area contributed by atoms with Gasteiger partial charge in [0.05, 0.1) is 28.3 Å². The number of nitrogens with one attached hydrogen (secondary N) is 1. The maximum Gasteiger partial charge on any atom is 0.262 e. The van der Waals surface area contributed by atoms with Crippen molar-refractivity contribution in [2.45, 2.75) is 31.5 Å². The van der Waals surface area contributed by atoms with Crippen LogP contribution >= 0.6 is 11.8 Å². The number of benzene rings is 2. The number of hydrogen-bond donors (Lipinski definition) is 1. The summed E-state index contributed by atoms with van der Waals surface area (Å²) in [6, 6.07) is 15.9. The third-order valence-electron chi connectivity index (χ3n) is 4.44. The number of nitriles is 1. The lowest BCUT2D eigenvalue weighted by molar-refractivity contribution is -0.113.